The van der Waals surface area contributed by atoms with E-state index in [4.69, 9.17) is 16.3 Å². The molecule has 2 nitrogen and oxygen atoms in total. The van der Waals surface area contributed by atoms with Gasteiger partial charge in [-0.2, -0.15) is 0 Å². The zero-order valence-corrected chi connectivity index (χ0v) is 9.79. The Labute approximate surface area is 99.4 Å². The highest BCUT2D eigenvalue weighted by atomic mass is 35.5. The minimum absolute atomic E-state index is 0.696. The quantitative estimate of drug-likeness (QED) is 0.737. The van der Waals surface area contributed by atoms with Crippen LogP contribution in [0.4, 0.5) is 0 Å². The SMILES string of the molecule is COc1cc2c(cc1Cl)CCn1cccc1-2. The van der Waals surface area contributed by atoms with E-state index in [1.165, 1.54) is 16.8 Å². The van der Waals surface area contributed by atoms with Crippen LogP contribution in [0.15, 0.2) is 30.5 Å². The van der Waals surface area contributed by atoms with Crippen molar-refractivity contribution in [1.29, 1.82) is 0 Å². The summed E-state index contributed by atoms with van der Waals surface area (Å²) >= 11 is 6.13. The normalized spacial score (nSPS) is 13.1. The van der Waals surface area contributed by atoms with Crippen molar-refractivity contribution in [3.63, 3.8) is 0 Å². The van der Waals surface area contributed by atoms with Gasteiger partial charge in [0.15, 0.2) is 0 Å². The molecule has 0 spiro atoms. The monoisotopic (exact) mass is 233 g/mol. The number of aromatic nitrogens is 1. The molecule has 0 N–H and O–H groups in total. The minimum atomic E-state index is 0.696. The second kappa shape index (κ2) is 3.56. The largest absolute Gasteiger partial charge is 0.495 e. The molecule has 0 atom stereocenters. The number of halogens is 1. The first kappa shape index (κ1) is 9.79. The van der Waals surface area contributed by atoms with Crippen LogP contribution in [0, 0.1) is 0 Å². The van der Waals surface area contributed by atoms with Crippen molar-refractivity contribution in [1.82, 2.24) is 4.57 Å². The summed E-state index contributed by atoms with van der Waals surface area (Å²) in [4.78, 5) is 0. The number of ether oxygens (including phenoxy) is 1. The molecule has 0 saturated heterocycles. The summed E-state index contributed by atoms with van der Waals surface area (Å²) < 4.78 is 7.52. The fourth-order valence-electron chi connectivity index (χ4n) is 2.29. The van der Waals surface area contributed by atoms with Gasteiger partial charge in [0.25, 0.3) is 0 Å². The average molecular weight is 234 g/mol. The second-order valence-electron chi connectivity index (χ2n) is 3.98. The molecule has 3 rings (SSSR count). The summed E-state index contributed by atoms with van der Waals surface area (Å²) in [5.41, 5.74) is 3.78. The van der Waals surface area contributed by atoms with Gasteiger partial charge in [-0.1, -0.05) is 11.6 Å². The summed E-state index contributed by atoms with van der Waals surface area (Å²) in [6.45, 7) is 1.03. The van der Waals surface area contributed by atoms with Gasteiger partial charge in [-0.25, -0.2) is 0 Å². The van der Waals surface area contributed by atoms with Gasteiger partial charge >= 0.3 is 0 Å². The maximum absolute atomic E-state index is 6.13. The molecular weight excluding hydrogens is 222 g/mol. The fraction of sp³-hybridized carbons (Fsp3) is 0.231. The van der Waals surface area contributed by atoms with E-state index in [0.29, 0.717) is 5.02 Å². The number of nitrogens with zero attached hydrogens (tertiary/aromatic N) is 1. The molecule has 1 aromatic heterocycles. The van der Waals surface area contributed by atoms with E-state index in [0.717, 1.165) is 18.7 Å². The number of benzene rings is 1. The number of rotatable bonds is 1. The summed E-state index contributed by atoms with van der Waals surface area (Å²) in [6, 6.07) is 8.26. The summed E-state index contributed by atoms with van der Waals surface area (Å²) in [5.74, 6) is 0.745. The molecule has 1 aliphatic heterocycles. The minimum Gasteiger partial charge on any atom is -0.495 e. The van der Waals surface area contributed by atoms with Crippen molar-refractivity contribution < 1.29 is 4.74 Å². The van der Waals surface area contributed by atoms with Crippen molar-refractivity contribution in [3.8, 4) is 17.0 Å². The molecule has 0 unspecified atom stereocenters. The molecule has 0 saturated carbocycles. The van der Waals surface area contributed by atoms with Crippen molar-refractivity contribution in [2.24, 2.45) is 0 Å². The van der Waals surface area contributed by atoms with Crippen LogP contribution in [-0.4, -0.2) is 11.7 Å². The number of fused-ring (bicyclic) bond motifs is 3. The van der Waals surface area contributed by atoms with E-state index in [2.05, 4.69) is 22.9 Å². The topological polar surface area (TPSA) is 14.2 Å². The van der Waals surface area contributed by atoms with Gasteiger partial charge < -0.3 is 9.30 Å². The van der Waals surface area contributed by atoms with Gasteiger partial charge in [-0.05, 0) is 36.2 Å². The van der Waals surface area contributed by atoms with Crippen LogP contribution in [0.25, 0.3) is 11.3 Å². The van der Waals surface area contributed by atoms with Crippen LogP contribution in [-0.2, 0) is 13.0 Å². The predicted octanol–water partition coefficient (Wildman–Crippen LogP) is 3.37. The molecule has 2 heterocycles. The number of aryl methyl sites for hydroxylation is 2. The van der Waals surface area contributed by atoms with E-state index in [9.17, 15) is 0 Å². The third kappa shape index (κ3) is 1.34. The zero-order valence-electron chi connectivity index (χ0n) is 9.03. The maximum atomic E-state index is 6.13. The van der Waals surface area contributed by atoms with E-state index < -0.39 is 0 Å². The lowest BCUT2D eigenvalue weighted by atomic mass is 9.98. The van der Waals surface area contributed by atoms with E-state index >= 15 is 0 Å². The Morgan fingerprint density at radius 3 is 3.06 bits per heavy atom. The van der Waals surface area contributed by atoms with Crippen molar-refractivity contribution in [2.75, 3.05) is 7.11 Å². The molecule has 82 valence electrons. The average Bonchev–Trinajstić information content (AvgIpc) is 2.76. The molecule has 1 aliphatic rings. The fourth-order valence-corrected chi connectivity index (χ4v) is 2.55. The van der Waals surface area contributed by atoms with Crippen molar-refractivity contribution >= 4 is 11.6 Å². The number of methoxy groups -OCH3 is 1. The summed E-state index contributed by atoms with van der Waals surface area (Å²) in [5, 5.41) is 0.696. The predicted molar refractivity (Wildman–Crippen MR) is 65.1 cm³/mol. The molecule has 1 aromatic carbocycles. The Balaban J connectivity index is 2.24. The Bertz CT molecular complexity index is 545. The molecule has 2 aromatic rings. The second-order valence-corrected chi connectivity index (χ2v) is 4.39. The lowest BCUT2D eigenvalue weighted by molar-refractivity contribution is 0.415. The Morgan fingerprint density at radius 2 is 2.25 bits per heavy atom. The van der Waals surface area contributed by atoms with Gasteiger partial charge in [0.2, 0.25) is 0 Å². The highest BCUT2D eigenvalue weighted by Gasteiger charge is 2.17. The highest BCUT2D eigenvalue weighted by molar-refractivity contribution is 6.32. The van der Waals surface area contributed by atoms with Gasteiger partial charge in [0.1, 0.15) is 5.75 Å². The molecule has 16 heavy (non-hydrogen) atoms. The Hall–Kier alpha value is -1.41. The van der Waals surface area contributed by atoms with E-state index in [-0.39, 0.29) is 0 Å². The summed E-state index contributed by atoms with van der Waals surface area (Å²) in [7, 11) is 1.65. The third-order valence-corrected chi connectivity index (χ3v) is 3.40. The number of hydrogen-bond donors (Lipinski definition) is 0. The molecule has 3 heteroatoms. The lowest BCUT2D eigenvalue weighted by Crippen LogP contribution is -2.09. The van der Waals surface area contributed by atoms with E-state index in [1.807, 2.05) is 12.1 Å². The van der Waals surface area contributed by atoms with Crippen LogP contribution >= 0.6 is 11.6 Å². The highest BCUT2D eigenvalue weighted by Crippen LogP contribution is 2.36. The maximum Gasteiger partial charge on any atom is 0.138 e. The molecule has 0 radical (unpaired) electrons. The first-order valence-corrected chi connectivity index (χ1v) is 5.69. The van der Waals surface area contributed by atoms with Gasteiger partial charge in [-0.15, -0.1) is 0 Å². The van der Waals surface area contributed by atoms with Gasteiger partial charge in [-0.3, -0.25) is 0 Å². The first-order chi connectivity index (χ1) is 7.79. The van der Waals surface area contributed by atoms with Crippen LogP contribution in [0.2, 0.25) is 5.02 Å². The van der Waals surface area contributed by atoms with Crippen LogP contribution < -0.4 is 4.74 Å². The molecular formula is C13H12ClNO. The Kier molecular flexibility index (Phi) is 2.18. The van der Waals surface area contributed by atoms with Crippen molar-refractivity contribution in [3.05, 3.63) is 41.0 Å². The molecule has 0 aliphatic carbocycles. The van der Waals surface area contributed by atoms with Crippen molar-refractivity contribution in [2.45, 2.75) is 13.0 Å². The Morgan fingerprint density at radius 1 is 1.38 bits per heavy atom. The van der Waals surface area contributed by atoms with E-state index in [1.54, 1.807) is 7.11 Å². The van der Waals surface area contributed by atoms with Gasteiger partial charge in [0.05, 0.1) is 12.1 Å². The standard InChI is InChI=1S/C13H12ClNO/c1-16-13-8-10-9(7-11(13)14)4-6-15-5-2-3-12(10)15/h2-3,5,7-8H,4,6H2,1H3. The summed E-state index contributed by atoms with van der Waals surface area (Å²) in [6.07, 6.45) is 3.14. The zero-order chi connectivity index (χ0) is 11.1. The molecule has 0 bridgehead atoms. The smallest absolute Gasteiger partial charge is 0.138 e. The van der Waals surface area contributed by atoms with Crippen LogP contribution in [0.1, 0.15) is 5.56 Å². The lowest BCUT2D eigenvalue weighted by Gasteiger charge is -2.20. The first-order valence-electron chi connectivity index (χ1n) is 5.31. The van der Waals surface area contributed by atoms with Crippen LogP contribution in [0.5, 0.6) is 5.75 Å². The van der Waals surface area contributed by atoms with Crippen LogP contribution in [0.3, 0.4) is 0 Å². The number of hydrogen-bond acceptors (Lipinski definition) is 1. The third-order valence-electron chi connectivity index (χ3n) is 3.11. The molecule has 0 amide bonds. The van der Waals surface area contributed by atoms with Gasteiger partial charge in [0, 0.05) is 24.0 Å². The molecule has 0 fully saturated rings.